The van der Waals surface area contributed by atoms with Crippen LogP contribution in [-0.2, 0) is 0 Å². The van der Waals surface area contributed by atoms with Crippen LogP contribution in [0.5, 0.6) is 11.5 Å². The van der Waals surface area contributed by atoms with E-state index in [2.05, 4.69) is 0 Å². The molecule has 0 aromatic heterocycles. The summed E-state index contributed by atoms with van der Waals surface area (Å²) in [6.45, 7) is 1.49. The summed E-state index contributed by atoms with van der Waals surface area (Å²) in [5.41, 5.74) is 1.86. The van der Waals surface area contributed by atoms with Gasteiger partial charge in [0.25, 0.3) is 0 Å². The highest BCUT2D eigenvalue weighted by Gasteiger charge is 2.18. The summed E-state index contributed by atoms with van der Waals surface area (Å²) in [5.74, 6) is 0.901. The highest BCUT2D eigenvalue weighted by molar-refractivity contribution is 6.43. The van der Waals surface area contributed by atoms with E-state index in [9.17, 15) is 4.79 Å². The van der Waals surface area contributed by atoms with Crippen molar-refractivity contribution in [3.63, 3.8) is 0 Å². The van der Waals surface area contributed by atoms with Crippen LogP contribution in [0.3, 0.4) is 0 Å². The molecule has 21 heavy (non-hydrogen) atoms. The topological polar surface area (TPSA) is 35.5 Å². The van der Waals surface area contributed by atoms with Crippen molar-refractivity contribution in [3.05, 3.63) is 45.9 Å². The van der Waals surface area contributed by atoms with Gasteiger partial charge in [-0.25, -0.2) is 0 Å². The molecule has 0 N–H and O–H groups in total. The highest BCUT2D eigenvalue weighted by atomic mass is 35.5. The normalized spacial score (nSPS) is 10.3. The minimum Gasteiger partial charge on any atom is -0.493 e. The molecule has 0 aliphatic carbocycles. The van der Waals surface area contributed by atoms with Gasteiger partial charge in [0.1, 0.15) is 0 Å². The average Bonchev–Trinajstić information content (AvgIpc) is 2.48. The minimum absolute atomic E-state index is 0.0737. The first-order valence-corrected chi connectivity index (χ1v) is 6.96. The van der Waals surface area contributed by atoms with Crippen LogP contribution in [-0.4, -0.2) is 20.0 Å². The van der Waals surface area contributed by atoms with Crippen molar-refractivity contribution < 1.29 is 14.3 Å². The zero-order chi connectivity index (χ0) is 15.6. The van der Waals surface area contributed by atoms with E-state index < -0.39 is 0 Å². The lowest BCUT2D eigenvalue weighted by Gasteiger charge is -2.15. The number of benzene rings is 2. The number of carbonyl (C=O) groups excluding carboxylic acids is 1. The molecule has 2 rings (SSSR count). The number of halogens is 2. The molecule has 0 spiro atoms. The quantitative estimate of drug-likeness (QED) is 0.752. The molecule has 3 nitrogen and oxygen atoms in total. The van der Waals surface area contributed by atoms with E-state index in [1.54, 1.807) is 24.3 Å². The molecular formula is C16H14Cl2O3. The first-order chi connectivity index (χ1) is 9.99. The van der Waals surface area contributed by atoms with E-state index in [1.165, 1.54) is 21.1 Å². The lowest BCUT2D eigenvalue weighted by Crippen LogP contribution is -1.99. The zero-order valence-electron chi connectivity index (χ0n) is 11.9. The molecule has 0 aliphatic rings. The number of Topliss-reactive ketones (excluding diaryl/α,β-unsaturated/α-hetero) is 1. The van der Waals surface area contributed by atoms with Crippen molar-refractivity contribution >= 4 is 29.0 Å². The number of hydrogen-bond donors (Lipinski definition) is 0. The summed E-state index contributed by atoms with van der Waals surface area (Å²) >= 11 is 12.3. The summed E-state index contributed by atoms with van der Waals surface area (Å²) in [4.78, 5) is 11.7. The second-order valence-corrected chi connectivity index (χ2v) is 5.20. The molecule has 0 saturated carbocycles. The SMILES string of the molecule is COc1cc(C(C)=O)cc(-c2cccc(Cl)c2Cl)c1OC. The molecule has 0 heterocycles. The fourth-order valence-electron chi connectivity index (χ4n) is 2.08. The van der Waals surface area contributed by atoms with Crippen LogP contribution < -0.4 is 9.47 Å². The Bertz CT molecular complexity index is 696. The van der Waals surface area contributed by atoms with Gasteiger partial charge < -0.3 is 9.47 Å². The molecule has 0 atom stereocenters. The Kier molecular flexibility index (Phi) is 4.76. The van der Waals surface area contributed by atoms with Crippen molar-refractivity contribution in [2.45, 2.75) is 6.92 Å². The third-order valence-corrected chi connectivity index (χ3v) is 3.95. The Hall–Kier alpha value is -1.71. The maximum Gasteiger partial charge on any atom is 0.168 e. The van der Waals surface area contributed by atoms with Crippen LogP contribution in [0.15, 0.2) is 30.3 Å². The molecule has 110 valence electrons. The second-order valence-electron chi connectivity index (χ2n) is 4.42. The first-order valence-electron chi connectivity index (χ1n) is 6.21. The monoisotopic (exact) mass is 324 g/mol. The van der Waals surface area contributed by atoms with Crippen LogP contribution in [0.25, 0.3) is 11.1 Å². The number of hydrogen-bond acceptors (Lipinski definition) is 3. The van der Waals surface area contributed by atoms with E-state index in [1.807, 2.05) is 6.07 Å². The van der Waals surface area contributed by atoms with Crippen LogP contribution in [0, 0.1) is 0 Å². The van der Waals surface area contributed by atoms with Crippen molar-refractivity contribution in [1.29, 1.82) is 0 Å². The summed E-state index contributed by atoms with van der Waals surface area (Å²) in [6.07, 6.45) is 0. The molecule has 0 saturated heterocycles. The molecule has 0 unspecified atom stereocenters. The van der Waals surface area contributed by atoms with Crippen LogP contribution >= 0.6 is 23.2 Å². The summed E-state index contributed by atoms with van der Waals surface area (Å²) in [6, 6.07) is 8.67. The molecule has 2 aromatic rings. The molecule has 0 aliphatic heterocycles. The van der Waals surface area contributed by atoms with E-state index in [0.29, 0.717) is 38.2 Å². The van der Waals surface area contributed by atoms with Gasteiger partial charge in [0, 0.05) is 16.7 Å². The third-order valence-electron chi connectivity index (χ3n) is 3.13. The number of ketones is 1. The number of carbonyl (C=O) groups is 1. The van der Waals surface area contributed by atoms with E-state index in [0.717, 1.165) is 0 Å². The summed E-state index contributed by atoms with van der Waals surface area (Å²) < 4.78 is 10.7. The van der Waals surface area contributed by atoms with Gasteiger partial charge in [-0.1, -0.05) is 35.3 Å². The molecule has 0 radical (unpaired) electrons. The smallest absolute Gasteiger partial charge is 0.168 e. The van der Waals surface area contributed by atoms with Gasteiger partial charge in [0.2, 0.25) is 0 Å². The van der Waals surface area contributed by atoms with Gasteiger partial charge in [-0.15, -0.1) is 0 Å². The molecule has 0 bridgehead atoms. The minimum atomic E-state index is -0.0737. The standard InChI is InChI=1S/C16H14Cl2O3/c1-9(19)10-7-12(16(21-3)14(8-10)20-2)11-5-4-6-13(17)15(11)18/h4-8H,1-3H3. The predicted molar refractivity (Wildman–Crippen MR) is 85.0 cm³/mol. The average molecular weight is 325 g/mol. The Morgan fingerprint density at radius 2 is 1.76 bits per heavy atom. The Balaban J connectivity index is 2.79. The maximum atomic E-state index is 11.7. The zero-order valence-corrected chi connectivity index (χ0v) is 13.4. The molecule has 0 fully saturated rings. The lowest BCUT2D eigenvalue weighted by molar-refractivity contribution is 0.101. The van der Waals surface area contributed by atoms with Gasteiger partial charge >= 0.3 is 0 Å². The van der Waals surface area contributed by atoms with E-state index in [4.69, 9.17) is 32.7 Å². The van der Waals surface area contributed by atoms with Crippen LogP contribution in [0.1, 0.15) is 17.3 Å². The Morgan fingerprint density at radius 1 is 1.05 bits per heavy atom. The largest absolute Gasteiger partial charge is 0.493 e. The molecule has 2 aromatic carbocycles. The van der Waals surface area contributed by atoms with Crippen molar-refractivity contribution in [2.75, 3.05) is 14.2 Å². The first kappa shape index (κ1) is 15.7. The van der Waals surface area contributed by atoms with Crippen molar-refractivity contribution in [1.82, 2.24) is 0 Å². The summed E-state index contributed by atoms with van der Waals surface area (Å²) in [7, 11) is 3.05. The molecule has 0 amide bonds. The van der Waals surface area contributed by atoms with E-state index in [-0.39, 0.29) is 5.78 Å². The number of rotatable bonds is 4. The molecule has 5 heteroatoms. The van der Waals surface area contributed by atoms with Crippen LogP contribution in [0.4, 0.5) is 0 Å². The predicted octanol–water partition coefficient (Wildman–Crippen LogP) is 4.88. The number of ether oxygens (including phenoxy) is 2. The maximum absolute atomic E-state index is 11.7. The van der Waals surface area contributed by atoms with Crippen molar-refractivity contribution in [2.24, 2.45) is 0 Å². The Labute approximate surface area is 133 Å². The highest BCUT2D eigenvalue weighted by Crippen LogP contribution is 2.43. The van der Waals surface area contributed by atoms with Gasteiger partial charge in [-0.2, -0.15) is 0 Å². The second kappa shape index (κ2) is 6.37. The van der Waals surface area contributed by atoms with Gasteiger partial charge in [0.05, 0.1) is 24.3 Å². The Morgan fingerprint density at radius 3 is 2.33 bits per heavy atom. The third kappa shape index (κ3) is 2.99. The fourth-order valence-corrected chi connectivity index (χ4v) is 2.48. The summed E-state index contributed by atoms with van der Waals surface area (Å²) in [5, 5.41) is 0.837. The van der Waals surface area contributed by atoms with E-state index >= 15 is 0 Å². The lowest BCUT2D eigenvalue weighted by atomic mass is 9.99. The fraction of sp³-hybridized carbons (Fsp3) is 0.188. The van der Waals surface area contributed by atoms with Gasteiger partial charge in [-0.05, 0) is 25.1 Å². The van der Waals surface area contributed by atoms with Gasteiger partial charge in [-0.3, -0.25) is 4.79 Å². The van der Waals surface area contributed by atoms with Gasteiger partial charge in [0.15, 0.2) is 17.3 Å². The number of methoxy groups -OCH3 is 2. The van der Waals surface area contributed by atoms with Crippen molar-refractivity contribution in [3.8, 4) is 22.6 Å². The van der Waals surface area contributed by atoms with Crippen LogP contribution in [0.2, 0.25) is 10.0 Å². The molecular weight excluding hydrogens is 311 g/mol.